The Kier molecular flexibility index (Phi) is 7.05. The van der Waals surface area contributed by atoms with Gasteiger partial charge in [0.25, 0.3) is 0 Å². The molecule has 0 aliphatic carbocycles. The van der Waals surface area contributed by atoms with Crippen LogP contribution in [-0.4, -0.2) is 35.3 Å². The average molecular weight is 453 g/mol. The molecule has 0 bridgehead atoms. The summed E-state index contributed by atoms with van der Waals surface area (Å²) in [5, 5.41) is 2.79. The maximum absolute atomic E-state index is 12.7. The number of nitrogens with zero attached hydrogens (tertiary/aromatic N) is 1. The molecular weight excluding hydrogens is 435 g/mol. The molecule has 1 N–H and O–H groups in total. The van der Waals surface area contributed by atoms with Crippen LogP contribution in [0, 0.1) is 0 Å². The molecule has 1 atom stereocenters. The van der Waals surface area contributed by atoms with Crippen LogP contribution in [0.2, 0.25) is 10.0 Å². The minimum absolute atomic E-state index is 0.0104. The smallest absolute Gasteiger partial charge is 0.247 e. The monoisotopic (exact) mass is 452 g/mol. The van der Waals surface area contributed by atoms with Crippen molar-refractivity contribution in [3.05, 3.63) is 52.5 Å². The van der Waals surface area contributed by atoms with Crippen LogP contribution >= 0.6 is 35.0 Å². The fourth-order valence-corrected chi connectivity index (χ4v) is 4.34. The Labute approximate surface area is 182 Å². The van der Waals surface area contributed by atoms with E-state index < -0.39 is 5.25 Å². The van der Waals surface area contributed by atoms with Crippen LogP contribution in [0.25, 0.3) is 0 Å². The van der Waals surface area contributed by atoms with Crippen LogP contribution in [0.1, 0.15) is 13.3 Å². The Bertz CT molecular complexity index is 934. The molecular formula is C20H18Cl2N2O4S. The van der Waals surface area contributed by atoms with Crippen LogP contribution in [0.5, 0.6) is 5.75 Å². The molecule has 1 aliphatic heterocycles. The Morgan fingerprint density at radius 3 is 2.59 bits per heavy atom. The van der Waals surface area contributed by atoms with Crippen LogP contribution in [0.4, 0.5) is 11.4 Å². The summed E-state index contributed by atoms with van der Waals surface area (Å²) in [5.74, 6) is -0.432. The lowest BCUT2D eigenvalue weighted by Crippen LogP contribution is -2.31. The minimum atomic E-state index is -0.645. The molecule has 3 rings (SSSR count). The number of para-hydroxylation sites is 2. The van der Waals surface area contributed by atoms with E-state index in [1.807, 2.05) is 13.0 Å². The van der Waals surface area contributed by atoms with Crippen LogP contribution in [0.15, 0.2) is 42.5 Å². The highest BCUT2D eigenvalue weighted by molar-refractivity contribution is 8.01. The van der Waals surface area contributed by atoms with Gasteiger partial charge in [-0.2, -0.15) is 0 Å². The Balaban J connectivity index is 1.62. The van der Waals surface area contributed by atoms with Crippen LogP contribution < -0.4 is 15.0 Å². The first-order valence-corrected chi connectivity index (χ1v) is 10.7. The molecule has 152 valence electrons. The molecule has 0 aromatic heterocycles. The predicted molar refractivity (Wildman–Crippen MR) is 116 cm³/mol. The first-order valence-electron chi connectivity index (χ1n) is 8.85. The molecule has 1 aliphatic rings. The van der Waals surface area contributed by atoms with Crippen LogP contribution in [-0.2, 0) is 14.4 Å². The topological polar surface area (TPSA) is 75.7 Å². The summed E-state index contributed by atoms with van der Waals surface area (Å²) in [5.41, 5.74) is 0.889. The molecule has 0 radical (unpaired) electrons. The maximum atomic E-state index is 12.7. The quantitative estimate of drug-likeness (QED) is 0.630. The fourth-order valence-electron chi connectivity index (χ4n) is 2.89. The highest BCUT2D eigenvalue weighted by atomic mass is 35.5. The third-order valence-corrected chi connectivity index (χ3v) is 5.72. The SMILES string of the molecule is CCOc1ccccc1NC(=O)CS[C@@H]1CC(=O)N(c2cc(Cl)cc(Cl)c2)C1=O. The normalized spacial score (nSPS) is 16.2. The molecule has 2 aromatic carbocycles. The third kappa shape index (κ3) is 5.23. The van der Waals surface area contributed by atoms with E-state index in [1.54, 1.807) is 18.2 Å². The second-order valence-electron chi connectivity index (χ2n) is 6.18. The number of thioether (sulfide) groups is 1. The Hall–Kier alpha value is -2.22. The number of nitrogens with one attached hydrogen (secondary N) is 1. The Morgan fingerprint density at radius 2 is 1.90 bits per heavy atom. The van der Waals surface area contributed by atoms with Gasteiger partial charge in [-0.05, 0) is 37.3 Å². The highest BCUT2D eigenvalue weighted by Crippen LogP contribution is 2.33. The highest BCUT2D eigenvalue weighted by Gasteiger charge is 2.40. The standard InChI is InChI=1S/C20H18Cl2N2O4S/c1-2-28-16-6-4-3-5-15(16)23-18(25)11-29-17-10-19(26)24(20(17)27)14-8-12(21)7-13(22)9-14/h3-9,17H,2,10-11H2,1H3,(H,23,25)/t17-/m1/s1. The van der Waals surface area contributed by atoms with Gasteiger partial charge >= 0.3 is 0 Å². The molecule has 1 fully saturated rings. The van der Waals surface area contributed by atoms with Crippen molar-refractivity contribution >= 4 is 64.1 Å². The van der Waals surface area contributed by atoms with E-state index in [2.05, 4.69) is 5.32 Å². The summed E-state index contributed by atoms with van der Waals surface area (Å²) >= 11 is 13.1. The van der Waals surface area contributed by atoms with Gasteiger partial charge in [0.1, 0.15) is 5.75 Å². The molecule has 2 aromatic rings. The zero-order valence-electron chi connectivity index (χ0n) is 15.5. The number of imide groups is 1. The van der Waals surface area contributed by atoms with E-state index in [9.17, 15) is 14.4 Å². The van der Waals surface area contributed by atoms with Crippen LogP contribution in [0.3, 0.4) is 0 Å². The van der Waals surface area contributed by atoms with Crippen molar-refractivity contribution in [1.29, 1.82) is 0 Å². The van der Waals surface area contributed by atoms with Gasteiger partial charge in [-0.15, -0.1) is 11.8 Å². The van der Waals surface area contributed by atoms with Crippen molar-refractivity contribution in [1.82, 2.24) is 0 Å². The second kappa shape index (κ2) is 9.52. The minimum Gasteiger partial charge on any atom is -0.492 e. The molecule has 0 spiro atoms. The van der Waals surface area contributed by atoms with E-state index in [0.29, 0.717) is 33.8 Å². The van der Waals surface area contributed by atoms with Gasteiger partial charge < -0.3 is 10.1 Å². The van der Waals surface area contributed by atoms with Gasteiger partial charge in [0.05, 0.1) is 29.0 Å². The largest absolute Gasteiger partial charge is 0.492 e. The van der Waals surface area contributed by atoms with E-state index in [-0.39, 0.29) is 29.9 Å². The van der Waals surface area contributed by atoms with Crippen molar-refractivity contribution in [3.8, 4) is 5.75 Å². The average Bonchev–Trinajstić information content (AvgIpc) is 2.94. The van der Waals surface area contributed by atoms with Gasteiger partial charge in [0.2, 0.25) is 17.7 Å². The van der Waals surface area contributed by atoms with E-state index in [0.717, 1.165) is 16.7 Å². The van der Waals surface area contributed by atoms with Crippen molar-refractivity contribution in [2.24, 2.45) is 0 Å². The van der Waals surface area contributed by atoms with E-state index >= 15 is 0 Å². The number of hydrogen-bond donors (Lipinski definition) is 1. The molecule has 3 amide bonds. The molecule has 0 saturated carbocycles. The van der Waals surface area contributed by atoms with Crippen molar-refractivity contribution < 1.29 is 19.1 Å². The van der Waals surface area contributed by atoms with Gasteiger partial charge in [-0.25, -0.2) is 4.90 Å². The summed E-state index contributed by atoms with van der Waals surface area (Å²) in [6.45, 7) is 2.33. The maximum Gasteiger partial charge on any atom is 0.247 e. The molecule has 9 heteroatoms. The van der Waals surface area contributed by atoms with E-state index in [1.165, 1.54) is 18.2 Å². The lowest BCUT2D eigenvalue weighted by atomic mass is 10.3. The number of halogens is 2. The predicted octanol–water partition coefficient (Wildman–Crippen LogP) is 4.40. The van der Waals surface area contributed by atoms with Gasteiger partial charge in [-0.3, -0.25) is 14.4 Å². The number of ether oxygens (including phenoxy) is 1. The third-order valence-electron chi connectivity index (χ3n) is 4.09. The van der Waals surface area contributed by atoms with Crippen molar-refractivity contribution in [2.75, 3.05) is 22.6 Å². The fraction of sp³-hybridized carbons (Fsp3) is 0.250. The molecule has 1 saturated heterocycles. The molecule has 1 heterocycles. The molecule has 0 unspecified atom stereocenters. The molecule has 29 heavy (non-hydrogen) atoms. The summed E-state index contributed by atoms with van der Waals surface area (Å²) < 4.78 is 5.48. The number of amides is 3. The summed E-state index contributed by atoms with van der Waals surface area (Å²) in [6.07, 6.45) is 0.0104. The number of anilines is 2. The lowest BCUT2D eigenvalue weighted by Gasteiger charge is -2.16. The number of rotatable bonds is 7. The van der Waals surface area contributed by atoms with Gasteiger partial charge in [0.15, 0.2) is 0 Å². The number of benzene rings is 2. The number of carbonyl (C=O) groups is 3. The molecule has 6 nitrogen and oxygen atoms in total. The van der Waals surface area contributed by atoms with E-state index in [4.69, 9.17) is 27.9 Å². The first kappa shape index (κ1) is 21.5. The zero-order valence-corrected chi connectivity index (χ0v) is 17.8. The first-order chi connectivity index (χ1) is 13.9. The summed E-state index contributed by atoms with van der Waals surface area (Å²) in [6, 6.07) is 11.6. The van der Waals surface area contributed by atoms with Crippen molar-refractivity contribution in [2.45, 2.75) is 18.6 Å². The summed E-state index contributed by atoms with van der Waals surface area (Å²) in [7, 11) is 0. The number of hydrogen-bond acceptors (Lipinski definition) is 5. The Morgan fingerprint density at radius 1 is 1.21 bits per heavy atom. The second-order valence-corrected chi connectivity index (χ2v) is 8.24. The lowest BCUT2D eigenvalue weighted by molar-refractivity contribution is -0.121. The summed E-state index contributed by atoms with van der Waals surface area (Å²) in [4.78, 5) is 38.4. The number of carbonyl (C=O) groups excluding carboxylic acids is 3. The zero-order chi connectivity index (χ0) is 21.0. The van der Waals surface area contributed by atoms with Crippen molar-refractivity contribution in [3.63, 3.8) is 0 Å². The van der Waals surface area contributed by atoms with Gasteiger partial charge in [0, 0.05) is 16.5 Å². The van der Waals surface area contributed by atoms with Gasteiger partial charge in [-0.1, -0.05) is 35.3 Å².